The summed E-state index contributed by atoms with van der Waals surface area (Å²) in [7, 11) is 3.21. The SMILES string of the molecule is COc1ccc(C(=O)CCCC(CCN2c3c(C)cccc3NC2COc2ccc(Cl)cc2)C2CCNCC2)c(OC)c1. The van der Waals surface area contributed by atoms with E-state index in [1.165, 1.54) is 24.1 Å². The molecule has 230 valence electrons. The summed E-state index contributed by atoms with van der Waals surface area (Å²) in [5, 5.41) is 7.93. The number of Topliss-reactive ketones (excluding diaryl/α,β-unsaturated/α-hetero) is 1. The Balaban J connectivity index is 1.25. The first-order chi connectivity index (χ1) is 21.0. The number of hydrogen-bond donors (Lipinski definition) is 2. The molecular formula is C35H44ClN3O4. The summed E-state index contributed by atoms with van der Waals surface area (Å²) >= 11 is 6.08. The average molecular weight is 606 g/mol. The van der Waals surface area contributed by atoms with Gasteiger partial charge in [0.2, 0.25) is 0 Å². The van der Waals surface area contributed by atoms with Crippen LogP contribution in [-0.4, -0.2) is 52.4 Å². The molecule has 3 aromatic rings. The van der Waals surface area contributed by atoms with Crippen molar-refractivity contribution >= 4 is 28.8 Å². The summed E-state index contributed by atoms with van der Waals surface area (Å²) in [6, 6.07) is 19.4. The molecule has 2 heterocycles. The molecule has 0 radical (unpaired) electrons. The number of carbonyl (C=O) groups excluding carboxylic acids is 1. The van der Waals surface area contributed by atoms with Crippen LogP contribution in [0.25, 0.3) is 0 Å². The van der Waals surface area contributed by atoms with Crippen molar-refractivity contribution in [1.82, 2.24) is 5.32 Å². The van der Waals surface area contributed by atoms with Gasteiger partial charge in [0.25, 0.3) is 0 Å². The predicted octanol–water partition coefficient (Wildman–Crippen LogP) is 7.36. The van der Waals surface area contributed by atoms with E-state index >= 15 is 0 Å². The van der Waals surface area contributed by atoms with Gasteiger partial charge in [-0.05, 0) is 112 Å². The van der Waals surface area contributed by atoms with E-state index in [9.17, 15) is 4.79 Å². The van der Waals surface area contributed by atoms with Gasteiger partial charge in [-0.15, -0.1) is 0 Å². The maximum atomic E-state index is 13.2. The monoisotopic (exact) mass is 605 g/mol. The van der Waals surface area contributed by atoms with Gasteiger partial charge in [0.05, 0.1) is 31.2 Å². The molecule has 0 aromatic heterocycles. The van der Waals surface area contributed by atoms with Crippen molar-refractivity contribution in [2.45, 2.75) is 51.6 Å². The number of hydrogen-bond acceptors (Lipinski definition) is 7. The van der Waals surface area contributed by atoms with Gasteiger partial charge in [0, 0.05) is 24.1 Å². The third-order valence-electron chi connectivity index (χ3n) is 8.92. The summed E-state index contributed by atoms with van der Waals surface area (Å²) in [6.45, 7) is 5.75. The number of nitrogens with one attached hydrogen (secondary N) is 2. The van der Waals surface area contributed by atoms with Crippen LogP contribution in [0.15, 0.2) is 60.7 Å². The Morgan fingerprint density at radius 1 is 1.00 bits per heavy atom. The van der Waals surface area contributed by atoms with Crippen molar-refractivity contribution in [3.63, 3.8) is 0 Å². The van der Waals surface area contributed by atoms with Crippen molar-refractivity contribution in [1.29, 1.82) is 0 Å². The van der Waals surface area contributed by atoms with Crippen molar-refractivity contribution in [3.8, 4) is 17.2 Å². The lowest BCUT2D eigenvalue weighted by Gasteiger charge is -2.34. The van der Waals surface area contributed by atoms with Gasteiger partial charge in [-0.3, -0.25) is 4.79 Å². The van der Waals surface area contributed by atoms with Crippen molar-refractivity contribution in [3.05, 3.63) is 76.8 Å². The standard InChI is InChI=1S/C35H44ClN3O4/c1-24-6-4-8-31-35(24)39(34(38-31)23-43-28-12-10-27(36)11-13-28)21-18-25(26-16-19-37-20-17-26)7-5-9-32(40)30-15-14-29(41-2)22-33(30)42-3/h4,6,8,10-15,22,25-26,34,37-38H,5,7,9,16-21,23H2,1-3H3. The Kier molecular flexibility index (Phi) is 10.7. The van der Waals surface area contributed by atoms with Gasteiger partial charge in [-0.1, -0.05) is 23.7 Å². The molecular weight excluding hydrogens is 562 g/mol. The van der Waals surface area contributed by atoms with Crippen LogP contribution in [0, 0.1) is 18.8 Å². The topological polar surface area (TPSA) is 72.1 Å². The number of ether oxygens (including phenoxy) is 3. The van der Waals surface area contributed by atoms with Gasteiger partial charge in [-0.2, -0.15) is 0 Å². The van der Waals surface area contributed by atoms with Gasteiger partial charge >= 0.3 is 0 Å². The molecule has 43 heavy (non-hydrogen) atoms. The van der Waals surface area contributed by atoms with Gasteiger partial charge in [-0.25, -0.2) is 0 Å². The zero-order chi connectivity index (χ0) is 30.2. The van der Waals surface area contributed by atoms with E-state index in [1.54, 1.807) is 20.3 Å². The third kappa shape index (κ3) is 7.76. The van der Waals surface area contributed by atoms with Gasteiger partial charge in [0.1, 0.15) is 30.0 Å². The molecule has 2 aliphatic heterocycles. The number of para-hydroxylation sites is 1. The Morgan fingerprint density at radius 3 is 2.51 bits per heavy atom. The number of fused-ring (bicyclic) bond motifs is 1. The minimum atomic E-state index is 0.0320. The summed E-state index contributed by atoms with van der Waals surface area (Å²) in [6.07, 6.45) is 5.86. The summed E-state index contributed by atoms with van der Waals surface area (Å²) in [4.78, 5) is 15.7. The lowest BCUT2D eigenvalue weighted by molar-refractivity contribution is 0.0971. The van der Waals surface area contributed by atoms with Crippen LogP contribution in [0.2, 0.25) is 5.02 Å². The second-order valence-corrected chi connectivity index (χ2v) is 12.0. The first kappa shape index (κ1) is 31.0. The third-order valence-corrected chi connectivity index (χ3v) is 9.18. The van der Waals surface area contributed by atoms with E-state index < -0.39 is 0 Å². The molecule has 0 saturated carbocycles. The van der Waals surface area contributed by atoms with E-state index in [2.05, 4.69) is 40.7 Å². The van der Waals surface area contributed by atoms with E-state index in [-0.39, 0.29) is 11.9 Å². The van der Waals surface area contributed by atoms with E-state index in [1.807, 2.05) is 36.4 Å². The maximum Gasteiger partial charge on any atom is 0.166 e. The minimum absolute atomic E-state index is 0.0320. The number of halogens is 1. The quantitative estimate of drug-likeness (QED) is 0.186. The molecule has 3 aromatic carbocycles. The summed E-state index contributed by atoms with van der Waals surface area (Å²) < 4.78 is 17.0. The van der Waals surface area contributed by atoms with Crippen LogP contribution < -0.4 is 29.7 Å². The molecule has 0 bridgehead atoms. The van der Waals surface area contributed by atoms with E-state index in [0.717, 1.165) is 50.3 Å². The number of carbonyl (C=O) groups is 1. The molecule has 0 amide bonds. The van der Waals surface area contributed by atoms with E-state index in [4.69, 9.17) is 25.8 Å². The number of nitrogens with zero attached hydrogens (tertiary/aromatic N) is 1. The zero-order valence-corrected chi connectivity index (χ0v) is 26.3. The molecule has 7 nitrogen and oxygen atoms in total. The lowest BCUT2D eigenvalue weighted by Crippen LogP contribution is -2.42. The van der Waals surface area contributed by atoms with Gasteiger partial charge < -0.3 is 29.7 Å². The number of ketones is 1. The molecule has 1 saturated heterocycles. The number of aryl methyl sites for hydroxylation is 1. The highest BCUT2D eigenvalue weighted by atomic mass is 35.5. The molecule has 2 N–H and O–H groups in total. The number of benzene rings is 3. The van der Waals surface area contributed by atoms with Crippen LogP contribution in [0.1, 0.15) is 54.4 Å². The molecule has 0 spiro atoms. The van der Waals surface area contributed by atoms with Crippen molar-refractivity contribution in [2.75, 3.05) is 50.7 Å². The molecule has 2 unspecified atom stereocenters. The fraction of sp³-hybridized carbons (Fsp3) is 0.457. The highest BCUT2D eigenvalue weighted by Crippen LogP contribution is 2.39. The Morgan fingerprint density at radius 2 is 1.77 bits per heavy atom. The smallest absolute Gasteiger partial charge is 0.166 e. The van der Waals surface area contributed by atoms with Crippen LogP contribution >= 0.6 is 11.6 Å². The van der Waals surface area contributed by atoms with Gasteiger partial charge in [0.15, 0.2) is 5.78 Å². The Bertz CT molecular complexity index is 1360. The lowest BCUT2D eigenvalue weighted by atomic mass is 9.79. The average Bonchev–Trinajstić information content (AvgIpc) is 3.40. The molecule has 2 aliphatic rings. The van der Waals surface area contributed by atoms with Crippen LogP contribution in [-0.2, 0) is 0 Å². The molecule has 5 rings (SSSR count). The Hall–Kier alpha value is -3.42. The molecule has 1 fully saturated rings. The first-order valence-electron chi connectivity index (χ1n) is 15.4. The van der Waals surface area contributed by atoms with E-state index in [0.29, 0.717) is 46.9 Å². The summed E-state index contributed by atoms with van der Waals surface area (Å²) in [5.41, 5.74) is 4.30. The zero-order valence-electron chi connectivity index (χ0n) is 25.5. The normalized spacial score (nSPS) is 17.2. The first-order valence-corrected chi connectivity index (χ1v) is 15.8. The minimum Gasteiger partial charge on any atom is -0.497 e. The molecule has 8 heteroatoms. The number of piperidine rings is 1. The predicted molar refractivity (Wildman–Crippen MR) is 174 cm³/mol. The fourth-order valence-electron chi connectivity index (χ4n) is 6.60. The number of methoxy groups -OCH3 is 2. The summed E-state index contributed by atoms with van der Waals surface area (Å²) in [5.74, 6) is 3.38. The fourth-order valence-corrected chi connectivity index (χ4v) is 6.73. The highest BCUT2D eigenvalue weighted by Gasteiger charge is 2.32. The maximum absolute atomic E-state index is 13.2. The van der Waals surface area contributed by atoms with Crippen LogP contribution in [0.5, 0.6) is 17.2 Å². The van der Waals surface area contributed by atoms with Crippen molar-refractivity contribution in [2.24, 2.45) is 11.8 Å². The molecule has 2 atom stereocenters. The second kappa shape index (κ2) is 14.8. The van der Waals surface area contributed by atoms with Crippen molar-refractivity contribution < 1.29 is 19.0 Å². The highest BCUT2D eigenvalue weighted by molar-refractivity contribution is 6.30. The Labute approximate surface area is 260 Å². The van der Waals surface area contributed by atoms with Crippen LogP contribution in [0.4, 0.5) is 11.4 Å². The second-order valence-electron chi connectivity index (χ2n) is 11.6. The molecule has 0 aliphatic carbocycles. The number of anilines is 2. The number of rotatable bonds is 14. The van der Waals surface area contributed by atoms with Crippen LogP contribution in [0.3, 0.4) is 0 Å². The largest absolute Gasteiger partial charge is 0.497 e.